The van der Waals surface area contributed by atoms with E-state index in [1.165, 1.54) is 0 Å². The van der Waals surface area contributed by atoms with E-state index in [-0.39, 0.29) is 0 Å². The third kappa shape index (κ3) is 2.79. The van der Waals surface area contributed by atoms with Gasteiger partial charge < -0.3 is 10.0 Å². The maximum Gasteiger partial charge on any atom is 0.324 e. The van der Waals surface area contributed by atoms with Crippen LogP contribution in [0.4, 0.5) is 0 Å². The van der Waals surface area contributed by atoms with Crippen molar-refractivity contribution >= 4 is 5.97 Å². The highest BCUT2D eigenvalue weighted by atomic mass is 16.4. The first-order valence-electron chi connectivity index (χ1n) is 5.46. The van der Waals surface area contributed by atoms with Gasteiger partial charge in [-0.1, -0.05) is 13.0 Å². The number of hydrogen-bond donors (Lipinski definition) is 2. The lowest BCUT2D eigenvalue weighted by Gasteiger charge is -2.38. The van der Waals surface area contributed by atoms with E-state index in [4.69, 9.17) is 0 Å². The van der Waals surface area contributed by atoms with Gasteiger partial charge in [0.2, 0.25) is 0 Å². The van der Waals surface area contributed by atoms with E-state index in [2.05, 4.69) is 23.7 Å². The zero-order chi connectivity index (χ0) is 11.3. The van der Waals surface area contributed by atoms with Crippen molar-refractivity contribution in [2.75, 3.05) is 26.2 Å². The minimum atomic E-state index is -0.736. The van der Waals surface area contributed by atoms with E-state index in [0.29, 0.717) is 19.4 Å². The van der Waals surface area contributed by atoms with Gasteiger partial charge >= 0.3 is 5.97 Å². The highest BCUT2D eigenvalue weighted by Gasteiger charge is 2.40. The van der Waals surface area contributed by atoms with Gasteiger partial charge in [-0.2, -0.15) is 0 Å². The minimum absolute atomic E-state index is 0.554. The maximum absolute atomic E-state index is 11.3. The van der Waals surface area contributed by atoms with Crippen LogP contribution < -0.4 is 5.32 Å². The minimum Gasteiger partial charge on any atom is -0.480 e. The van der Waals surface area contributed by atoms with Crippen LogP contribution in [0.2, 0.25) is 0 Å². The van der Waals surface area contributed by atoms with Crippen molar-refractivity contribution in [3.05, 3.63) is 12.7 Å². The number of hydrogen-bond acceptors (Lipinski definition) is 3. The molecule has 0 atom stereocenters. The smallest absolute Gasteiger partial charge is 0.324 e. The molecular formula is C11H20N2O2. The van der Waals surface area contributed by atoms with E-state index in [0.717, 1.165) is 19.6 Å². The van der Waals surface area contributed by atoms with Crippen molar-refractivity contribution in [3.63, 3.8) is 0 Å². The summed E-state index contributed by atoms with van der Waals surface area (Å²) in [4.78, 5) is 13.5. The van der Waals surface area contributed by atoms with Crippen LogP contribution in [0.25, 0.3) is 0 Å². The fraction of sp³-hybridized carbons (Fsp3) is 0.727. The molecule has 1 fully saturated rings. The van der Waals surface area contributed by atoms with Gasteiger partial charge in [-0.15, -0.1) is 6.58 Å². The van der Waals surface area contributed by atoms with Crippen molar-refractivity contribution in [2.24, 2.45) is 0 Å². The first kappa shape index (κ1) is 12.2. The summed E-state index contributed by atoms with van der Waals surface area (Å²) < 4.78 is 0. The molecular weight excluding hydrogens is 192 g/mol. The molecule has 2 N–H and O–H groups in total. The molecule has 0 bridgehead atoms. The Morgan fingerprint density at radius 1 is 1.60 bits per heavy atom. The molecule has 0 saturated carbocycles. The average molecular weight is 212 g/mol. The molecule has 1 heterocycles. The van der Waals surface area contributed by atoms with Crippen molar-refractivity contribution in [3.8, 4) is 0 Å². The van der Waals surface area contributed by atoms with Crippen LogP contribution in [0.15, 0.2) is 12.7 Å². The molecule has 1 aliphatic rings. The number of nitrogens with one attached hydrogen (secondary N) is 1. The molecule has 1 aliphatic heterocycles. The Balaban J connectivity index is 2.60. The molecule has 0 aromatic carbocycles. The van der Waals surface area contributed by atoms with Crippen LogP contribution in [0, 0.1) is 0 Å². The van der Waals surface area contributed by atoms with Crippen molar-refractivity contribution in [1.82, 2.24) is 10.2 Å². The van der Waals surface area contributed by atoms with E-state index in [1.807, 2.05) is 0 Å². The first-order chi connectivity index (χ1) is 7.14. The van der Waals surface area contributed by atoms with Gasteiger partial charge in [-0.25, -0.2) is 0 Å². The van der Waals surface area contributed by atoms with E-state index >= 15 is 0 Å². The van der Waals surface area contributed by atoms with Gasteiger partial charge in [0.25, 0.3) is 0 Å². The first-order valence-corrected chi connectivity index (χ1v) is 5.46. The Hall–Kier alpha value is -0.870. The van der Waals surface area contributed by atoms with Gasteiger partial charge in [0.05, 0.1) is 0 Å². The second kappa shape index (κ2) is 5.28. The highest BCUT2D eigenvalue weighted by Crippen LogP contribution is 2.22. The molecule has 0 radical (unpaired) electrons. The number of carboxylic acids is 1. The zero-order valence-electron chi connectivity index (χ0n) is 9.33. The topological polar surface area (TPSA) is 52.6 Å². The molecule has 0 aromatic heterocycles. The second-order valence-electron chi connectivity index (χ2n) is 3.99. The molecule has 0 amide bonds. The number of carboxylic acid groups (broad SMARTS) is 1. The SMILES string of the molecule is C=CCNC1(C(=O)O)CCN(CC)CC1. The Kier molecular flexibility index (Phi) is 4.29. The number of likely N-dealkylation sites (tertiary alicyclic amines) is 1. The summed E-state index contributed by atoms with van der Waals surface area (Å²) in [6, 6.07) is 0. The quantitative estimate of drug-likeness (QED) is 0.659. The molecule has 0 aliphatic carbocycles. The molecule has 0 spiro atoms. The molecule has 0 aromatic rings. The Labute approximate surface area is 91.0 Å². The molecule has 0 unspecified atom stereocenters. The number of nitrogens with zero attached hydrogens (tertiary/aromatic N) is 1. The Morgan fingerprint density at radius 2 is 2.20 bits per heavy atom. The normalized spacial score (nSPS) is 21.1. The van der Waals surface area contributed by atoms with Crippen LogP contribution >= 0.6 is 0 Å². The standard InChI is InChI=1S/C11H20N2O2/c1-3-7-12-11(10(14)15)5-8-13(4-2)9-6-11/h3,12H,1,4-9H2,2H3,(H,14,15). The summed E-state index contributed by atoms with van der Waals surface area (Å²) >= 11 is 0. The summed E-state index contributed by atoms with van der Waals surface area (Å²) in [6.07, 6.45) is 3.05. The average Bonchev–Trinajstić information content (AvgIpc) is 2.27. The molecule has 4 nitrogen and oxygen atoms in total. The van der Waals surface area contributed by atoms with E-state index in [9.17, 15) is 9.90 Å². The predicted octanol–water partition coefficient (Wildman–Crippen LogP) is 0.701. The second-order valence-corrected chi connectivity index (χ2v) is 3.99. The van der Waals surface area contributed by atoms with Crippen LogP contribution in [-0.2, 0) is 4.79 Å². The highest BCUT2D eigenvalue weighted by molar-refractivity contribution is 5.79. The zero-order valence-corrected chi connectivity index (χ0v) is 9.33. The lowest BCUT2D eigenvalue weighted by molar-refractivity contribution is -0.147. The van der Waals surface area contributed by atoms with Gasteiger partial charge in [0, 0.05) is 19.6 Å². The molecule has 1 rings (SSSR count). The third-order valence-electron chi connectivity index (χ3n) is 3.15. The summed E-state index contributed by atoms with van der Waals surface area (Å²) in [5.74, 6) is -0.736. The fourth-order valence-corrected chi connectivity index (χ4v) is 1.98. The number of carbonyl (C=O) groups is 1. The Morgan fingerprint density at radius 3 is 2.60 bits per heavy atom. The van der Waals surface area contributed by atoms with E-state index in [1.54, 1.807) is 6.08 Å². The van der Waals surface area contributed by atoms with Crippen molar-refractivity contribution in [2.45, 2.75) is 25.3 Å². The number of piperidine rings is 1. The van der Waals surface area contributed by atoms with Crippen molar-refractivity contribution in [1.29, 1.82) is 0 Å². The fourth-order valence-electron chi connectivity index (χ4n) is 1.98. The maximum atomic E-state index is 11.3. The number of aliphatic carboxylic acids is 1. The van der Waals surface area contributed by atoms with E-state index < -0.39 is 11.5 Å². The summed E-state index contributed by atoms with van der Waals surface area (Å²) in [7, 11) is 0. The van der Waals surface area contributed by atoms with Crippen LogP contribution in [0.3, 0.4) is 0 Å². The lowest BCUT2D eigenvalue weighted by Crippen LogP contribution is -2.58. The summed E-state index contributed by atoms with van der Waals surface area (Å²) in [5.41, 5.74) is -0.736. The lowest BCUT2D eigenvalue weighted by atomic mass is 9.87. The van der Waals surface area contributed by atoms with Gasteiger partial charge in [-0.3, -0.25) is 10.1 Å². The molecule has 86 valence electrons. The van der Waals surface area contributed by atoms with Crippen LogP contribution in [0.1, 0.15) is 19.8 Å². The predicted molar refractivity (Wildman–Crippen MR) is 59.9 cm³/mol. The summed E-state index contributed by atoms with van der Waals surface area (Å²) in [5, 5.41) is 12.3. The van der Waals surface area contributed by atoms with Gasteiger partial charge in [-0.05, 0) is 19.4 Å². The van der Waals surface area contributed by atoms with Crippen molar-refractivity contribution < 1.29 is 9.90 Å². The van der Waals surface area contributed by atoms with Crippen LogP contribution in [0.5, 0.6) is 0 Å². The van der Waals surface area contributed by atoms with Crippen LogP contribution in [-0.4, -0.2) is 47.7 Å². The van der Waals surface area contributed by atoms with Gasteiger partial charge in [0.1, 0.15) is 5.54 Å². The largest absolute Gasteiger partial charge is 0.480 e. The monoisotopic (exact) mass is 212 g/mol. The third-order valence-corrected chi connectivity index (χ3v) is 3.15. The molecule has 15 heavy (non-hydrogen) atoms. The summed E-state index contributed by atoms with van der Waals surface area (Å²) in [6.45, 7) is 8.96. The molecule has 4 heteroatoms. The van der Waals surface area contributed by atoms with Gasteiger partial charge in [0.15, 0.2) is 0 Å². The molecule has 1 saturated heterocycles. The number of rotatable bonds is 5. The Bertz CT molecular complexity index is 233.